The van der Waals surface area contributed by atoms with E-state index in [9.17, 15) is 31.1 Å². The van der Waals surface area contributed by atoms with Crippen LogP contribution in [0.4, 0.5) is 32.0 Å². The first-order chi connectivity index (χ1) is 16.1. The highest BCUT2D eigenvalue weighted by Crippen LogP contribution is 2.41. The molecular weight excluding hydrogens is 472 g/mol. The topological polar surface area (TPSA) is 86.5 Å². The fourth-order valence-corrected chi connectivity index (χ4v) is 3.41. The molecule has 180 valence electrons. The lowest BCUT2D eigenvalue weighted by molar-refractivity contribution is -0.146. The molecular formula is C21H15F6N3O4. The fraction of sp³-hybridized carbons (Fsp3) is 0.286. The average molecular weight is 487 g/mol. The van der Waals surface area contributed by atoms with Crippen LogP contribution in [0.3, 0.4) is 0 Å². The smallest absolute Gasteiger partial charge is 0.388 e. The largest absolute Gasteiger partial charge is 0.414 e. The Bertz CT molecular complexity index is 1190. The zero-order chi connectivity index (χ0) is 24.5. The number of aromatic nitrogens is 2. The van der Waals surface area contributed by atoms with E-state index >= 15 is 0 Å². The highest BCUT2D eigenvalue weighted by atomic mass is 19.3. The molecule has 1 atom stereocenters. The molecule has 0 aliphatic carbocycles. The number of halogens is 6. The molecule has 1 saturated heterocycles. The summed E-state index contributed by atoms with van der Waals surface area (Å²) in [4.78, 5) is 16.9. The van der Waals surface area contributed by atoms with Crippen LogP contribution in [-0.2, 0) is 4.74 Å². The van der Waals surface area contributed by atoms with Crippen LogP contribution in [0, 0.1) is 11.6 Å². The minimum Gasteiger partial charge on any atom is -0.414 e. The zero-order valence-corrected chi connectivity index (χ0v) is 17.0. The van der Waals surface area contributed by atoms with E-state index in [-0.39, 0.29) is 28.9 Å². The van der Waals surface area contributed by atoms with Gasteiger partial charge in [-0.3, -0.25) is 9.78 Å². The summed E-state index contributed by atoms with van der Waals surface area (Å²) in [5.41, 5.74) is -0.465. The Morgan fingerprint density at radius 1 is 1.18 bits per heavy atom. The molecule has 2 aromatic heterocycles. The molecule has 3 heterocycles. The molecule has 4 rings (SSSR count). The van der Waals surface area contributed by atoms with Crippen molar-refractivity contribution in [3.8, 4) is 17.0 Å². The monoisotopic (exact) mass is 487 g/mol. The number of carbonyl (C=O) groups excluding carboxylic acids is 1. The van der Waals surface area contributed by atoms with E-state index in [1.165, 1.54) is 12.3 Å². The van der Waals surface area contributed by atoms with Crippen LogP contribution < -0.4 is 10.1 Å². The second kappa shape index (κ2) is 9.33. The Kier molecular flexibility index (Phi) is 6.46. The SMILES string of the molecule is O=C(Nc1c(-c2cc(F)ccc2F)ccnc1C1CCC(F)(F)CO1)c1cc(OC(F)F)no1. The van der Waals surface area contributed by atoms with Gasteiger partial charge in [-0.2, -0.15) is 8.78 Å². The van der Waals surface area contributed by atoms with Gasteiger partial charge in [0, 0.05) is 23.7 Å². The van der Waals surface area contributed by atoms with Gasteiger partial charge in [0.15, 0.2) is 0 Å². The summed E-state index contributed by atoms with van der Waals surface area (Å²) in [5, 5.41) is 5.57. The van der Waals surface area contributed by atoms with Crippen molar-refractivity contribution in [3.05, 3.63) is 59.6 Å². The Hall–Kier alpha value is -3.61. The van der Waals surface area contributed by atoms with E-state index in [1.54, 1.807) is 0 Å². The highest BCUT2D eigenvalue weighted by molar-refractivity contribution is 6.05. The van der Waals surface area contributed by atoms with Gasteiger partial charge in [0.05, 0.1) is 17.4 Å². The van der Waals surface area contributed by atoms with Gasteiger partial charge in [0.25, 0.3) is 17.7 Å². The molecule has 1 fully saturated rings. The van der Waals surface area contributed by atoms with Gasteiger partial charge in [0.1, 0.15) is 24.3 Å². The normalized spacial score (nSPS) is 17.6. The van der Waals surface area contributed by atoms with Crippen molar-refractivity contribution < 1.29 is 45.1 Å². The molecule has 7 nitrogen and oxygen atoms in total. The highest BCUT2D eigenvalue weighted by Gasteiger charge is 2.38. The molecule has 1 aliphatic rings. The predicted octanol–water partition coefficient (Wildman–Crippen LogP) is 5.36. The lowest BCUT2D eigenvalue weighted by Gasteiger charge is -2.30. The lowest BCUT2D eigenvalue weighted by Crippen LogP contribution is -2.31. The summed E-state index contributed by atoms with van der Waals surface area (Å²) in [7, 11) is 0. The van der Waals surface area contributed by atoms with Crippen LogP contribution in [0.1, 0.15) is 35.2 Å². The molecule has 1 aromatic carbocycles. The number of rotatable bonds is 6. The Labute approximate surface area is 187 Å². The van der Waals surface area contributed by atoms with Crippen molar-refractivity contribution in [3.63, 3.8) is 0 Å². The number of nitrogens with one attached hydrogen (secondary N) is 1. The minimum absolute atomic E-state index is 0.0198. The summed E-state index contributed by atoms with van der Waals surface area (Å²) >= 11 is 0. The fourth-order valence-electron chi connectivity index (χ4n) is 3.41. The third kappa shape index (κ3) is 5.14. The van der Waals surface area contributed by atoms with Gasteiger partial charge >= 0.3 is 6.61 Å². The Morgan fingerprint density at radius 2 is 1.97 bits per heavy atom. The molecule has 0 spiro atoms. The van der Waals surface area contributed by atoms with Gasteiger partial charge in [-0.1, -0.05) is 0 Å². The Morgan fingerprint density at radius 3 is 2.68 bits per heavy atom. The van der Waals surface area contributed by atoms with Crippen molar-refractivity contribution >= 4 is 11.6 Å². The quantitative estimate of drug-likeness (QED) is 0.472. The number of pyridine rings is 1. The van der Waals surface area contributed by atoms with E-state index in [0.29, 0.717) is 0 Å². The number of ether oxygens (including phenoxy) is 2. The van der Waals surface area contributed by atoms with Crippen LogP contribution >= 0.6 is 0 Å². The molecule has 1 N–H and O–H groups in total. The molecule has 34 heavy (non-hydrogen) atoms. The molecule has 1 aliphatic heterocycles. The Balaban J connectivity index is 1.74. The van der Waals surface area contributed by atoms with Crippen molar-refractivity contribution in [2.45, 2.75) is 31.5 Å². The van der Waals surface area contributed by atoms with Crippen LogP contribution in [0.15, 0.2) is 41.1 Å². The van der Waals surface area contributed by atoms with Gasteiger partial charge < -0.3 is 19.3 Å². The molecule has 1 unspecified atom stereocenters. The number of nitrogens with zero attached hydrogens (tertiary/aromatic N) is 2. The van der Waals surface area contributed by atoms with E-state index in [2.05, 4.69) is 20.2 Å². The summed E-state index contributed by atoms with van der Waals surface area (Å²) < 4.78 is 94.2. The van der Waals surface area contributed by atoms with Crippen molar-refractivity contribution in [1.82, 2.24) is 10.1 Å². The molecule has 0 saturated carbocycles. The van der Waals surface area contributed by atoms with E-state index < -0.39 is 60.8 Å². The maximum absolute atomic E-state index is 14.5. The predicted molar refractivity (Wildman–Crippen MR) is 104 cm³/mol. The van der Waals surface area contributed by atoms with Gasteiger partial charge in [-0.15, -0.1) is 0 Å². The molecule has 3 aromatic rings. The number of anilines is 1. The molecule has 1 amide bonds. The number of benzene rings is 1. The third-order valence-corrected chi connectivity index (χ3v) is 4.93. The van der Waals surface area contributed by atoms with Crippen molar-refractivity contribution in [2.75, 3.05) is 11.9 Å². The van der Waals surface area contributed by atoms with Gasteiger partial charge in [0.2, 0.25) is 5.76 Å². The third-order valence-electron chi connectivity index (χ3n) is 4.93. The maximum atomic E-state index is 14.5. The van der Waals surface area contributed by atoms with Crippen LogP contribution in [0.25, 0.3) is 11.1 Å². The van der Waals surface area contributed by atoms with E-state index in [0.717, 1.165) is 24.3 Å². The summed E-state index contributed by atoms with van der Waals surface area (Å²) in [6.45, 7) is -4.11. The van der Waals surface area contributed by atoms with Crippen molar-refractivity contribution in [2.24, 2.45) is 0 Å². The second-order valence-electron chi connectivity index (χ2n) is 7.30. The maximum Gasteiger partial charge on any atom is 0.388 e. The average Bonchev–Trinajstić information content (AvgIpc) is 3.24. The molecule has 0 radical (unpaired) electrons. The minimum atomic E-state index is -3.21. The van der Waals surface area contributed by atoms with Crippen LogP contribution in [-0.4, -0.2) is 35.2 Å². The lowest BCUT2D eigenvalue weighted by atomic mass is 9.97. The number of carbonyl (C=O) groups is 1. The summed E-state index contributed by atoms with van der Waals surface area (Å²) in [6.07, 6.45) is -0.475. The molecule has 0 bridgehead atoms. The number of amides is 1. The van der Waals surface area contributed by atoms with Gasteiger partial charge in [-0.05, 0) is 35.8 Å². The number of alkyl halides is 4. The van der Waals surface area contributed by atoms with Crippen LogP contribution in [0.5, 0.6) is 5.88 Å². The first-order valence-corrected chi connectivity index (χ1v) is 9.79. The zero-order valence-electron chi connectivity index (χ0n) is 17.0. The number of hydrogen-bond acceptors (Lipinski definition) is 6. The summed E-state index contributed by atoms with van der Waals surface area (Å²) in [6, 6.07) is 4.71. The standard InChI is InChI=1S/C21H15F6N3O4/c22-10-1-2-13(23)12(7-10)11-4-6-28-18(14-3-5-21(26,27)9-32-14)17(11)29-19(31)15-8-16(30-34-15)33-20(24)25/h1-2,4,6-8,14,20H,3,5,9H2,(H,29,31). The first-order valence-electron chi connectivity index (χ1n) is 9.79. The van der Waals surface area contributed by atoms with Gasteiger partial charge in [-0.25, -0.2) is 17.6 Å². The second-order valence-corrected chi connectivity index (χ2v) is 7.30. The number of hydrogen-bond donors (Lipinski definition) is 1. The van der Waals surface area contributed by atoms with E-state index in [4.69, 9.17) is 9.26 Å². The van der Waals surface area contributed by atoms with E-state index in [1.807, 2.05) is 0 Å². The molecule has 13 heteroatoms. The summed E-state index contributed by atoms with van der Waals surface area (Å²) in [5.74, 6) is -6.90. The van der Waals surface area contributed by atoms with Crippen LogP contribution in [0.2, 0.25) is 0 Å². The first kappa shape index (κ1) is 23.5. The van der Waals surface area contributed by atoms with Crippen molar-refractivity contribution in [1.29, 1.82) is 0 Å².